The Labute approximate surface area is 92.5 Å². The second-order valence-corrected chi connectivity index (χ2v) is 3.86. The highest BCUT2D eigenvalue weighted by Gasteiger charge is 2.00. The van der Waals surface area contributed by atoms with Crippen LogP contribution in [0, 0.1) is 6.92 Å². The molecule has 2 nitrogen and oxygen atoms in total. The number of aromatic nitrogens is 1. The smallest absolute Gasteiger partial charge is 0.249 e. The summed E-state index contributed by atoms with van der Waals surface area (Å²) in [5.74, 6) is 0. The Bertz CT molecular complexity index is 545. The predicted molar refractivity (Wildman–Crippen MR) is 62.2 cm³/mol. The van der Waals surface area contributed by atoms with Gasteiger partial charge in [-0.05, 0) is 24.1 Å². The SMILES string of the molecule is Cc1cccc(-c2cc(Cl)[nH]c(=O)c2)c1. The van der Waals surface area contributed by atoms with Crippen LogP contribution in [0.2, 0.25) is 5.15 Å². The molecule has 0 bridgehead atoms. The summed E-state index contributed by atoms with van der Waals surface area (Å²) in [6.07, 6.45) is 0. The molecule has 0 aliphatic heterocycles. The fourth-order valence-electron chi connectivity index (χ4n) is 1.50. The summed E-state index contributed by atoms with van der Waals surface area (Å²) in [5, 5.41) is 0.360. The molecule has 0 saturated carbocycles. The van der Waals surface area contributed by atoms with Crippen LogP contribution in [0.4, 0.5) is 0 Å². The molecule has 0 radical (unpaired) electrons. The summed E-state index contributed by atoms with van der Waals surface area (Å²) in [6.45, 7) is 2.01. The summed E-state index contributed by atoms with van der Waals surface area (Å²) >= 11 is 5.78. The second kappa shape index (κ2) is 3.91. The Kier molecular flexibility index (Phi) is 2.60. The van der Waals surface area contributed by atoms with E-state index < -0.39 is 0 Å². The van der Waals surface area contributed by atoms with Crippen LogP contribution in [0.5, 0.6) is 0 Å². The van der Waals surface area contributed by atoms with Gasteiger partial charge in [-0.2, -0.15) is 0 Å². The van der Waals surface area contributed by atoms with Gasteiger partial charge < -0.3 is 4.98 Å². The van der Waals surface area contributed by atoms with Gasteiger partial charge in [0.2, 0.25) is 5.56 Å². The molecular weight excluding hydrogens is 210 g/mol. The molecule has 0 aliphatic rings. The summed E-state index contributed by atoms with van der Waals surface area (Å²) in [5.41, 5.74) is 2.82. The minimum atomic E-state index is -0.181. The maximum absolute atomic E-state index is 11.2. The third-order valence-corrected chi connectivity index (χ3v) is 2.37. The van der Waals surface area contributed by atoms with Crippen LogP contribution >= 0.6 is 11.6 Å². The van der Waals surface area contributed by atoms with Gasteiger partial charge in [-0.1, -0.05) is 41.4 Å². The average Bonchev–Trinajstić information content (AvgIpc) is 2.16. The van der Waals surface area contributed by atoms with Crippen molar-refractivity contribution in [2.45, 2.75) is 6.92 Å². The van der Waals surface area contributed by atoms with E-state index in [9.17, 15) is 4.79 Å². The highest BCUT2D eigenvalue weighted by molar-refractivity contribution is 6.29. The van der Waals surface area contributed by atoms with E-state index in [0.717, 1.165) is 16.7 Å². The maximum atomic E-state index is 11.2. The molecule has 76 valence electrons. The van der Waals surface area contributed by atoms with E-state index >= 15 is 0 Å². The van der Waals surface area contributed by atoms with Crippen LogP contribution in [0.15, 0.2) is 41.2 Å². The minimum Gasteiger partial charge on any atom is -0.313 e. The zero-order valence-electron chi connectivity index (χ0n) is 8.25. The maximum Gasteiger partial charge on any atom is 0.249 e. The van der Waals surface area contributed by atoms with E-state index in [1.54, 1.807) is 12.1 Å². The van der Waals surface area contributed by atoms with E-state index in [-0.39, 0.29) is 5.56 Å². The van der Waals surface area contributed by atoms with Crippen LogP contribution in [-0.4, -0.2) is 4.98 Å². The lowest BCUT2D eigenvalue weighted by molar-refractivity contribution is 1.24. The minimum absolute atomic E-state index is 0.181. The standard InChI is InChI=1S/C12H10ClNO/c1-8-3-2-4-9(5-8)10-6-11(13)14-12(15)7-10/h2-7H,1H3,(H,14,15). The van der Waals surface area contributed by atoms with E-state index in [1.165, 1.54) is 0 Å². The molecule has 0 aliphatic carbocycles. The predicted octanol–water partition coefficient (Wildman–Crippen LogP) is 3.00. The molecule has 0 spiro atoms. The normalized spacial score (nSPS) is 10.3. The lowest BCUT2D eigenvalue weighted by Crippen LogP contribution is -2.03. The number of H-pyrrole nitrogens is 1. The molecule has 2 aromatic rings. The first kappa shape index (κ1) is 9.99. The van der Waals surface area contributed by atoms with Crippen molar-refractivity contribution in [1.82, 2.24) is 4.98 Å². The molecule has 0 saturated heterocycles. The van der Waals surface area contributed by atoms with Gasteiger partial charge in [-0.15, -0.1) is 0 Å². The Morgan fingerprint density at radius 2 is 1.93 bits per heavy atom. The van der Waals surface area contributed by atoms with Crippen molar-refractivity contribution >= 4 is 11.6 Å². The highest BCUT2D eigenvalue weighted by atomic mass is 35.5. The molecule has 0 fully saturated rings. The largest absolute Gasteiger partial charge is 0.313 e. The van der Waals surface area contributed by atoms with Gasteiger partial charge in [0.25, 0.3) is 0 Å². The first-order valence-electron chi connectivity index (χ1n) is 4.62. The zero-order valence-corrected chi connectivity index (χ0v) is 9.01. The zero-order chi connectivity index (χ0) is 10.8. The first-order chi connectivity index (χ1) is 7.15. The number of aromatic amines is 1. The van der Waals surface area contributed by atoms with Crippen molar-refractivity contribution in [2.24, 2.45) is 0 Å². The summed E-state index contributed by atoms with van der Waals surface area (Å²) in [6, 6.07) is 11.2. The van der Waals surface area contributed by atoms with Crippen LogP contribution in [-0.2, 0) is 0 Å². The van der Waals surface area contributed by atoms with Gasteiger partial charge in [0, 0.05) is 6.07 Å². The van der Waals surface area contributed by atoms with Gasteiger partial charge >= 0.3 is 0 Å². The number of hydrogen-bond acceptors (Lipinski definition) is 1. The van der Waals surface area contributed by atoms with Gasteiger partial charge in [0.1, 0.15) is 5.15 Å². The third-order valence-electron chi connectivity index (χ3n) is 2.16. The molecule has 3 heteroatoms. The summed E-state index contributed by atoms with van der Waals surface area (Å²) in [4.78, 5) is 13.7. The van der Waals surface area contributed by atoms with E-state index in [0.29, 0.717) is 5.15 Å². The Balaban J connectivity index is 2.59. The molecule has 1 aromatic carbocycles. The van der Waals surface area contributed by atoms with Crippen molar-refractivity contribution in [2.75, 3.05) is 0 Å². The number of nitrogens with one attached hydrogen (secondary N) is 1. The molecule has 1 N–H and O–H groups in total. The van der Waals surface area contributed by atoms with Crippen LogP contribution in [0.25, 0.3) is 11.1 Å². The Morgan fingerprint density at radius 3 is 2.60 bits per heavy atom. The van der Waals surface area contributed by atoms with E-state index in [4.69, 9.17) is 11.6 Å². The monoisotopic (exact) mass is 219 g/mol. The van der Waals surface area contributed by atoms with Crippen LogP contribution < -0.4 is 5.56 Å². The lowest BCUT2D eigenvalue weighted by atomic mass is 10.1. The van der Waals surface area contributed by atoms with Gasteiger partial charge in [-0.3, -0.25) is 4.79 Å². The molecule has 2 rings (SSSR count). The number of rotatable bonds is 1. The molecule has 0 amide bonds. The van der Waals surface area contributed by atoms with Crippen molar-refractivity contribution in [3.63, 3.8) is 0 Å². The molecule has 1 aromatic heterocycles. The highest BCUT2D eigenvalue weighted by Crippen LogP contribution is 2.20. The Hall–Kier alpha value is -1.54. The number of hydrogen-bond donors (Lipinski definition) is 1. The molecule has 1 heterocycles. The number of halogens is 1. The van der Waals surface area contributed by atoms with Gasteiger partial charge in [0.05, 0.1) is 0 Å². The third kappa shape index (κ3) is 2.28. The van der Waals surface area contributed by atoms with Crippen LogP contribution in [0.1, 0.15) is 5.56 Å². The van der Waals surface area contributed by atoms with Crippen molar-refractivity contribution < 1.29 is 0 Å². The summed E-state index contributed by atoms with van der Waals surface area (Å²) in [7, 11) is 0. The number of aryl methyl sites for hydroxylation is 1. The second-order valence-electron chi connectivity index (χ2n) is 3.45. The van der Waals surface area contributed by atoms with Gasteiger partial charge in [0.15, 0.2) is 0 Å². The molecule has 0 atom stereocenters. The fraction of sp³-hybridized carbons (Fsp3) is 0.0833. The lowest BCUT2D eigenvalue weighted by Gasteiger charge is -2.02. The quantitative estimate of drug-likeness (QED) is 0.735. The summed E-state index contributed by atoms with van der Waals surface area (Å²) < 4.78 is 0. The number of benzene rings is 1. The van der Waals surface area contributed by atoms with Crippen molar-refractivity contribution in [3.05, 3.63) is 57.5 Å². The van der Waals surface area contributed by atoms with Crippen molar-refractivity contribution in [1.29, 1.82) is 0 Å². The van der Waals surface area contributed by atoms with E-state index in [1.807, 2.05) is 31.2 Å². The number of pyridine rings is 1. The first-order valence-corrected chi connectivity index (χ1v) is 5.00. The van der Waals surface area contributed by atoms with Crippen molar-refractivity contribution in [3.8, 4) is 11.1 Å². The Morgan fingerprint density at radius 1 is 1.13 bits per heavy atom. The molecule has 0 unspecified atom stereocenters. The average molecular weight is 220 g/mol. The van der Waals surface area contributed by atoms with E-state index in [2.05, 4.69) is 4.98 Å². The van der Waals surface area contributed by atoms with Crippen LogP contribution in [0.3, 0.4) is 0 Å². The molecular formula is C12H10ClNO. The topological polar surface area (TPSA) is 32.9 Å². The molecule has 15 heavy (non-hydrogen) atoms. The fourth-order valence-corrected chi connectivity index (χ4v) is 1.71. The van der Waals surface area contributed by atoms with Gasteiger partial charge in [-0.25, -0.2) is 0 Å².